The van der Waals surface area contributed by atoms with Crippen LogP contribution in [0.15, 0.2) is 114 Å². The molecule has 0 bridgehead atoms. The van der Waals surface area contributed by atoms with Crippen molar-refractivity contribution in [1.82, 2.24) is 4.90 Å². The normalized spacial score (nSPS) is 12.0. The van der Waals surface area contributed by atoms with Crippen LogP contribution in [0.2, 0.25) is 0 Å². The molecule has 0 spiro atoms. The minimum atomic E-state index is -3.87. The van der Waals surface area contributed by atoms with Crippen molar-refractivity contribution in [3.8, 4) is 5.75 Å². The van der Waals surface area contributed by atoms with Crippen LogP contribution in [-0.2, 0) is 14.3 Å². The summed E-state index contributed by atoms with van der Waals surface area (Å²) in [5.41, 5.74) is 6.09. The van der Waals surface area contributed by atoms with E-state index in [0.29, 0.717) is 13.0 Å². The molecule has 0 aliphatic carbocycles. The minimum absolute atomic E-state index is 0. The molecule has 4 aromatic rings. The molecule has 5 nitrogen and oxygen atoms in total. The highest BCUT2D eigenvalue weighted by molar-refractivity contribution is 7.86. The van der Waals surface area contributed by atoms with E-state index < -0.39 is 10.1 Å². The first-order chi connectivity index (χ1) is 18.8. The zero-order chi connectivity index (χ0) is 27.7. The summed E-state index contributed by atoms with van der Waals surface area (Å²) in [6, 6.07) is 35.0. The molecule has 7 heteroatoms. The number of nitrogens with zero attached hydrogens (tertiary/aromatic N) is 1. The predicted octanol–water partition coefficient (Wildman–Crippen LogP) is 7.11. The smallest absolute Gasteiger partial charge is 0.296 e. The molecule has 0 atom stereocenters. The van der Waals surface area contributed by atoms with Gasteiger partial charge in [-0.2, -0.15) is 8.42 Å². The van der Waals surface area contributed by atoms with E-state index in [0.717, 1.165) is 45.7 Å². The molecule has 4 aromatic carbocycles. The Balaban J connectivity index is 0.00000441. The zero-order valence-electron chi connectivity index (χ0n) is 23.1. The maximum absolute atomic E-state index is 12.9. The largest absolute Gasteiger partial charge is 0.492 e. The highest BCUT2D eigenvalue weighted by atomic mass is 35.5. The number of aryl methyl sites for hydroxylation is 1. The van der Waals surface area contributed by atoms with Crippen LogP contribution >= 0.6 is 12.4 Å². The fourth-order valence-electron chi connectivity index (χ4n) is 4.26. The van der Waals surface area contributed by atoms with Crippen LogP contribution in [-0.4, -0.2) is 47.2 Å². The lowest BCUT2D eigenvalue weighted by Crippen LogP contribution is -2.19. The number of likely N-dealkylation sites (N-methyl/N-ethyl adjacent to an activating group) is 1. The van der Waals surface area contributed by atoms with E-state index in [1.54, 1.807) is 24.3 Å². The van der Waals surface area contributed by atoms with Crippen LogP contribution in [0.4, 0.5) is 0 Å². The van der Waals surface area contributed by atoms with Crippen molar-refractivity contribution in [2.75, 3.05) is 33.9 Å². The van der Waals surface area contributed by atoms with Crippen molar-refractivity contribution < 1.29 is 17.3 Å². The van der Waals surface area contributed by atoms with Gasteiger partial charge in [0.15, 0.2) is 0 Å². The summed E-state index contributed by atoms with van der Waals surface area (Å²) in [5.74, 6) is 0.807. The summed E-state index contributed by atoms with van der Waals surface area (Å²) in [6.45, 7) is 3.38. The number of ether oxygens (including phenoxy) is 1. The Bertz CT molecular complexity index is 1470. The van der Waals surface area contributed by atoms with Crippen LogP contribution in [0.5, 0.6) is 5.75 Å². The summed E-state index contributed by atoms with van der Waals surface area (Å²) >= 11 is 0. The maximum atomic E-state index is 12.9. The van der Waals surface area contributed by atoms with Gasteiger partial charge in [0, 0.05) is 6.54 Å². The summed E-state index contributed by atoms with van der Waals surface area (Å²) in [6.07, 6.45) is 0.403. The van der Waals surface area contributed by atoms with Crippen molar-refractivity contribution in [3.05, 3.63) is 131 Å². The van der Waals surface area contributed by atoms with Gasteiger partial charge in [-0.1, -0.05) is 90.5 Å². The van der Waals surface area contributed by atoms with Crippen molar-refractivity contribution in [2.24, 2.45) is 0 Å². The molecular weight excluding hydrogens is 542 g/mol. The van der Waals surface area contributed by atoms with Gasteiger partial charge >= 0.3 is 0 Å². The molecule has 0 radical (unpaired) electrons. The molecule has 0 aliphatic heterocycles. The molecule has 0 N–H and O–H groups in total. The van der Waals surface area contributed by atoms with Crippen LogP contribution in [0.3, 0.4) is 0 Å². The molecule has 0 aliphatic rings. The molecule has 0 saturated heterocycles. The van der Waals surface area contributed by atoms with Crippen LogP contribution in [0.25, 0.3) is 11.1 Å². The predicted molar refractivity (Wildman–Crippen MR) is 165 cm³/mol. The average molecular weight is 578 g/mol. The fourth-order valence-corrected chi connectivity index (χ4v) is 5.17. The molecule has 0 saturated carbocycles. The lowest BCUT2D eigenvalue weighted by atomic mass is 9.88. The van der Waals surface area contributed by atoms with E-state index in [4.69, 9.17) is 8.92 Å². The van der Waals surface area contributed by atoms with Gasteiger partial charge in [-0.05, 0) is 79.5 Å². The van der Waals surface area contributed by atoms with Crippen molar-refractivity contribution >= 4 is 33.7 Å². The molecule has 0 aromatic heterocycles. The molecule has 0 heterocycles. The second-order valence-electron chi connectivity index (χ2n) is 9.60. The highest BCUT2D eigenvalue weighted by Gasteiger charge is 2.18. The fraction of sp³-hybridized carbons (Fsp3) is 0.212. The van der Waals surface area contributed by atoms with E-state index in [1.807, 2.05) is 81.7 Å². The first-order valence-electron chi connectivity index (χ1n) is 13.0. The van der Waals surface area contributed by atoms with Gasteiger partial charge in [0.2, 0.25) is 0 Å². The van der Waals surface area contributed by atoms with Gasteiger partial charge in [-0.3, -0.25) is 4.18 Å². The molecule has 0 amide bonds. The third-order valence-corrected chi connectivity index (χ3v) is 7.66. The summed E-state index contributed by atoms with van der Waals surface area (Å²) in [7, 11) is 0.163. The third-order valence-electron chi connectivity index (χ3n) is 6.34. The SMILES string of the molecule is Cc1ccc(S(=O)(=O)OCC/C(=C(/c2ccccc2)c2ccc(OCCN(C)C)cc2)c2ccccc2)cc1.Cl. The second-order valence-corrected chi connectivity index (χ2v) is 11.2. The number of rotatable bonds is 12. The Morgan fingerprint density at radius 1 is 0.700 bits per heavy atom. The quantitative estimate of drug-likeness (QED) is 0.133. The summed E-state index contributed by atoms with van der Waals surface area (Å²) in [4.78, 5) is 2.24. The first-order valence-corrected chi connectivity index (χ1v) is 14.4. The molecule has 40 heavy (non-hydrogen) atoms. The third kappa shape index (κ3) is 8.54. The molecule has 0 fully saturated rings. The zero-order valence-corrected chi connectivity index (χ0v) is 24.8. The number of halogens is 1. The van der Waals surface area contributed by atoms with Crippen LogP contribution < -0.4 is 4.74 Å². The lowest BCUT2D eigenvalue weighted by Gasteiger charge is -2.18. The standard InChI is InChI=1S/C33H35NO4S.ClH/c1-26-14-20-31(21-15-26)39(35,36)38-24-22-32(27-10-6-4-7-11-27)33(28-12-8-5-9-13-28)29-16-18-30(19-17-29)37-25-23-34(2)3;/h4-21H,22-25H2,1-3H3;1H/b33-32+;. The van der Waals surface area contributed by atoms with E-state index in [2.05, 4.69) is 29.2 Å². The van der Waals surface area contributed by atoms with E-state index in [9.17, 15) is 8.42 Å². The Labute approximate surface area is 244 Å². The van der Waals surface area contributed by atoms with Crippen molar-refractivity contribution in [3.63, 3.8) is 0 Å². The topological polar surface area (TPSA) is 55.8 Å². The van der Waals surface area contributed by atoms with Gasteiger partial charge in [-0.15, -0.1) is 12.4 Å². The van der Waals surface area contributed by atoms with Gasteiger partial charge in [0.25, 0.3) is 10.1 Å². The van der Waals surface area contributed by atoms with Crippen molar-refractivity contribution in [1.29, 1.82) is 0 Å². The lowest BCUT2D eigenvalue weighted by molar-refractivity contribution is 0.261. The summed E-state index contributed by atoms with van der Waals surface area (Å²) < 4.78 is 37.2. The van der Waals surface area contributed by atoms with Gasteiger partial charge in [0.1, 0.15) is 12.4 Å². The van der Waals surface area contributed by atoms with E-state index in [-0.39, 0.29) is 23.9 Å². The highest BCUT2D eigenvalue weighted by Crippen LogP contribution is 2.35. The maximum Gasteiger partial charge on any atom is 0.296 e. The first kappa shape index (κ1) is 31.1. The van der Waals surface area contributed by atoms with E-state index in [1.165, 1.54) is 0 Å². The van der Waals surface area contributed by atoms with Gasteiger partial charge in [-0.25, -0.2) is 0 Å². The second kappa shape index (κ2) is 14.8. The molecular formula is C33H36ClNO4S. The Morgan fingerprint density at radius 2 is 1.25 bits per heavy atom. The Kier molecular flexibility index (Phi) is 11.5. The van der Waals surface area contributed by atoms with Crippen molar-refractivity contribution in [2.45, 2.75) is 18.2 Å². The Morgan fingerprint density at radius 3 is 1.82 bits per heavy atom. The van der Waals surface area contributed by atoms with E-state index >= 15 is 0 Å². The molecule has 210 valence electrons. The van der Waals surface area contributed by atoms with Gasteiger partial charge < -0.3 is 9.64 Å². The van der Waals surface area contributed by atoms with Crippen LogP contribution in [0, 0.1) is 6.92 Å². The number of benzene rings is 4. The Hall–Kier alpha value is -3.42. The monoisotopic (exact) mass is 577 g/mol. The van der Waals surface area contributed by atoms with Crippen LogP contribution in [0.1, 0.15) is 28.7 Å². The van der Waals surface area contributed by atoms with Gasteiger partial charge in [0.05, 0.1) is 11.5 Å². The average Bonchev–Trinajstić information content (AvgIpc) is 2.94. The number of hydrogen-bond donors (Lipinski definition) is 0. The molecule has 0 unspecified atom stereocenters. The number of hydrogen-bond acceptors (Lipinski definition) is 5. The minimum Gasteiger partial charge on any atom is -0.492 e. The summed E-state index contributed by atoms with van der Waals surface area (Å²) in [5, 5.41) is 0. The molecule has 4 rings (SSSR count).